The Morgan fingerprint density at radius 2 is 1.77 bits per heavy atom. The molecule has 4 rings (SSSR count). The van der Waals surface area contributed by atoms with E-state index < -0.39 is 9.84 Å². The topological polar surface area (TPSA) is 76.2 Å². The highest BCUT2D eigenvalue weighted by molar-refractivity contribution is 9.10. The lowest BCUT2D eigenvalue weighted by Crippen LogP contribution is -2.62. The molecule has 2 heterocycles. The molecule has 0 radical (unpaired) electrons. The summed E-state index contributed by atoms with van der Waals surface area (Å²) in [6, 6.07) is 10.8. The molecule has 1 fully saturated rings. The lowest BCUT2D eigenvalue weighted by atomic mass is 9.83. The minimum Gasteiger partial charge on any atom is -0.497 e. The molecule has 1 saturated heterocycles. The summed E-state index contributed by atoms with van der Waals surface area (Å²) < 4.78 is 33.8. The Hall–Kier alpha value is -2.10. The van der Waals surface area contributed by atoms with Crippen LogP contribution in [0.3, 0.4) is 0 Å². The van der Waals surface area contributed by atoms with Gasteiger partial charge in [0.15, 0.2) is 9.84 Å². The standard InChI is InChI=1S/C19H28N2O3.C7H7BrO2S/c1-6-7-15-19(22)21-9-8-13-10-14(23-4)11-16(24-5)17(13)18(21)12(2)20(15)3;1-11(9,10)7-4-2-6(8)3-5-7/h10-12,15,18H,6-9H2,1-5H3;2-5H,1H3. The molecule has 9 heteroatoms. The molecule has 0 N–H and O–H groups in total. The fourth-order valence-corrected chi connectivity index (χ4v) is 5.82. The Labute approximate surface area is 217 Å². The molecule has 3 unspecified atom stereocenters. The molecule has 2 aromatic carbocycles. The van der Waals surface area contributed by atoms with Crippen LogP contribution in [-0.2, 0) is 21.1 Å². The van der Waals surface area contributed by atoms with E-state index in [0.717, 1.165) is 47.3 Å². The smallest absolute Gasteiger partial charge is 0.240 e. The molecule has 2 aromatic rings. The number of ether oxygens (including phenoxy) is 2. The number of carbonyl (C=O) groups excluding carboxylic acids is 1. The zero-order chi connectivity index (χ0) is 25.9. The predicted molar refractivity (Wildman–Crippen MR) is 141 cm³/mol. The SMILES string of the molecule is CCCC1C(=O)N2CCc3cc(OC)cc(OC)c3C2C(C)N1C.CS(=O)(=O)c1ccc(Br)cc1. The summed E-state index contributed by atoms with van der Waals surface area (Å²) in [6.45, 7) is 5.12. The van der Waals surface area contributed by atoms with Gasteiger partial charge < -0.3 is 14.4 Å². The van der Waals surface area contributed by atoms with E-state index >= 15 is 0 Å². The number of fused-ring (bicyclic) bond motifs is 3. The van der Waals surface area contributed by atoms with Crippen LogP contribution in [0.5, 0.6) is 11.5 Å². The summed E-state index contributed by atoms with van der Waals surface area (Å²) in [5.74, 6) is 1.89. The number of sulfone groups is 1. The van der Waals surface area contributed by atoms with Crippen molar-refractivity contribution in [1.82, 2.24) is 9.80 Å². The molecular weight excluding hydrogens is 532 g/mol. The summed E-state index contributed by atoms with van der Waals surface area (Å²) in [4.78, 5) is 17.7. The van der Waals surface area contributed by atoms with Crippen LogP contribution in [0, 0.1) is 0 Å². The van der Waals surface area contributed by atoms with Crippen LogP contribution in [0.1, 0.15) is 43.9 Å². The van der Waals surface area contributed by atoms with Gasteiger partial charge in [0.05, 0.1) is 31.2 Å². The van der Waals surface area contributed by atoms with Gasteiger partial charge in [-0.1, -0.05) is 29.3 Å². The number of nitrogens with zero attached hydrogens (tertiary/aromatic N) is 2. The van der Waals surface area contributed by atoms with Gasteiger partial charge in [-0.15, -0.1) is 0 Å². The van der Waals surface area contributed by atoms with Crippen molar-refractivity contribution >= 4 is 31.7 Å². The van der Waals surface area contributed by atoms with Crippen LogP contribution < -0.4 is 9.47 Å². The molecule has 0 aliphatic carbocycles. The maximum absolute atomic E-state index is 13.1. The van der Waals surface area contributed by atoms with Gasteiger partial charge in [-0.3, -0.25) is 9.69 Å². The molecule has 0 aromatic heterocycles. The Morgan fingerprint density at radius 1 is 1.11 bits per heavy atom. The maximum atomic E-state index is 13.1. The van der Waals surface area contributed by atoms with Crippen LogP contribution in [-0.4, -0.2) is 70.3 Å². The number of rotatable bonds is 5. The number of hydrogen-bond donors (Lipinski definition) is 0. The van der Waals surface area contributed by atoms with E-state index in [1.54, 1.807) is 38.5 Å². The number of hydrogen-bond acceptors (Lipinski definition) is 6. The molecule has 7 nitrogen and oxygen atoms in total. The van der Waals surface area contributed by atoms with Gasteiger partial charge in [0.1, 0.15) is 11.5 Å². The highest BCUT2D eigenvalue weighted by atomic mass is 79.9. The highest BCUT2D eigenvalue weighted by Crippen LogP contribution is 2.44. The number of benzene rings is 2. The van der Waals surface area contributed by atoms with Gasteiger partial charge in [0.2, 0.25) is 5.91 Å². The first-order valence-electron chi connectivity index (χ1n) is 11.8. The Balaban J connectivity index is 0.000000261. The lowest BCUT2D eigenvalue weighted by molar-refractivity contribution is -0.150. The van der Waals surface area contributed by atoms with Gasteiger partial charge in [0.25, 0.3) is 0 Å². The fraction of sp³-hybridized carbons (Fsp3) is 0.500. The van der Waals surface area contributed by atoms with Crippen LogP contribution in [0.15, 0.2) is 45.8 Å². The molecule has 0 bridgehead atoms. The number of piperazine rings is 1. The minimum atomic E-state index is -3.04. The van der Waals surface area contributed by atoms with Crippen molar-refractivity contribution in [2.45, 2.75) is 56.1 Å². The van der Waals surface area contributed by atoms with Crippen molar-refractivity contribution < 1.29 is 22.7 Å². The maximum Gasteiger partial charge on any atom is 0.240 e. The van der Waals surface area contributed by atoms with Gasteiger partial charge in [0, 0.05) is 34.9 Å². The third-order valence-corrected chi connectivity index (χ3v) is 8.53. The van der Waals surface area contributed by atoms with E-state index in [1.807, 2.05) is 6.07 Å². The minimum absolute atomic E-state index is 0.00737. The number of amides is 1. The Kier molecular flexibility index (Phi) is 8.88. The first kappa shape index (κ1) is 27.5. The Bertz CT molecular complexity index is 1140. The van der Waals surface area contributed by atoms with Crippen molar-refractivity contribution in [3.8, 4) is 11.5 Å². The lowest BCUT2D eigenvalue weighted by Gasteiger charge is -2.51. The van der Waals surface area contributed by atoms with Crippen LogP contribution >= 0.6 is 15.9 Å². The van der Waals surface area contributed by atoms with E-state index in [4.69, 9.17) is 9.47 Å². The number of halogens is 1. The average molecular weight is 568 g/mol. The van der Waals surface area contributed by atoms with Crippen molar-refractivity contribution in [3.05, 3.63) is 52.0 Å². The molecule has 3 atom stereocenters. The Morgan fingerprint density at radius 3 is 2.31 bits per heavy atom. The van der Waals surface area contributed by atoms with Crippen molar-refractivity contribution in [2.75, 3.05) is 34.1 Å². The second-order valence-electron chi connectivity index (χ2n) is 9.07. The largest absolute Gasteiger partial charge is 0.497 e. The summed E-state index contributed by atoms with van der Waals surface area (Å²) in [6.07, 6.45) is 3.97. The molecule has 2 aliphatic rings. The predicted octanol–water partition coefficient (Wildman–Crippen LogP) is 4.48. The molecule has 1 amide bonds. The first-order chi connectivity index (χ1) is 16.5. The summed E-state index contributed by atoms with van der Waals surface area (Å²) in [5.41, 5.74) is 2.38. The number of methoxy groups -OCH3 is 2. The second kappa shape index (κ2) is 11.3. The number of likely N-dealkylation sites (N-methyl/N-ethyl adjacent to an activating group) is 1. The molecule has 2 aliphatic heterocycles. The van der Waals surface area contributed by atoms with Crippen molar-refractivity contribution in [1.29, 1.82) is 0 Å². The van der Waals surface area contributed by atoms with Crippen LogP contribution in [0.4, 0.5) is 0 Å². The quantitative estimate of drug-likeness (QED) is 0.531. The van der Waals surface area contributed by atoms with E-state index in [9.17, 15) is 13.2 Å². The van der Waals surface area contributed by atoms with Crippen molar-refractivity contribution in [2.24, 2.45) is 0 Å². The second-order valence-corrected chi connectivity index (χ2v) is 12.0. The molecule has 0 saturated carbocycles. The third kappa shape index (κ3) is 5.84. The zero-order valence-corrected chi connectivity index (χ0v) is 23.6. The van der Waals surface area contributed by atoms with E-state index in [-0.39, 0.29) is 24.0 Å². The normalized spacial score (nSPS) is 22.0. The molecule has 192 valence electrons. The molecule has 35 heavy (non-hydrogen) atoms. The van der Waals surface area contributed by atoms with Gasteiger partial charge in [-0.05, 0) is 62.7 Å². The monoisotopic (exact) mass is 566 g/mol. The van der Waals surface area contributed by atoms with Crippen molar-refractivity contribution in [3.63, 3.8) is 0 Å². The molecular formula is C26H35BrN2O5S. The number of carbonyl (C=O) groups is 1. The average Bonchev–Trinajstić information content (AvgIpc) is 2.84. The summed E-state index contributed by atoms with van der Waals surface area (Å²) in [7, 11) is 2.39. The fourth-order valence-electron chi connectivity index (χ4n) is 4.92. The van der Waals surface area contributed by atoms with Gasteiger partial charge in [-0.25, -0.2) is 8.42 Å². The summed E-state index contributed by atoms with van der Waals surface area (Å²) >= 11 is 3.22. The van der Waals surface area contributed by atoms with Crippen LogP contribution in [0.2, 0.25) is 0 Å². The third-order valence-electron chi connectivity index (χ3n) is 6.87. The van der Waals surface area contributed by atoms with Crippen LogP contribution in [0.25, 0.3) is 0 Å². The zero-order valence-electron chi connectivity index (χ0n) is 21.2. The van der Waals surface area contributed by atoms with Gasteiger partial charge in [-0.2, -0.15) is 0 Å². The van der Waals surface area contributed by atoms with E-state index in [1.165, 1.54) is 11.8 Å². The van der Waals surface area contributed by atoms with Gasteiger partial charge >= 0.3 is 0 Å². The first-order valence-corrected chi connectivity index (χ1v) is 14.4. The van der Waals surface area contributed by atoms with E-state index in [0.29, 0.717) is 4.90 Å². The molecule has 0 spiro atoms. The highest BCUT2D eigenvalue weighted by Gasteiger charge is 2.46. The summed E-state index contributed by atoms with van der Waals surface area (Å²) in [5, 5.41) is 0. The van der Waals surface area contributed by atoms with E-state index in [2.05, 4.69) is 52.7 Å².